The van der Waals surface area contributed by atoms with E-state index in [0.717, 1.165) is 0 Å². The fourth-order valence-electron chi connectivity index (χ4n) is 2.00. The van der Waals surface area contributed by atoms with E-state index in [2.05, 4.69) is 26.1 Å². The van der Waals surface area contributed by atoms with Crippen molar-refractivity contribution < 1.29 is 0 Å². The second-order valence-electron chi connectivity index (χ2n) is 5.29. The average molecular weight is 264 g/mol. The van der Waals surface area contributed by atoms with Crippen molar-refractivity contribution in [3.8, 4) is 0 Å². The van der Waals surface area contributed by atoms with Crippen molar-refractivity contribution in [2.24, 2.45) is 0 Å². The predicted molar refractivity (Wildman–Crippen MR) is 82.2 cm³/mol. The van der Waals surface area contributed by atoms with Gasteiger partial charge in [-0.15, -0.1) is 12.4 Å². The molecule has 0 rings (SSSR count). The van der Waals surface area contributed by atoms with E-state index >= 15 is 0 Å². The lowest BCUT2D eigenvalue weighted by Crippen LogP contribution is -2.23. The Kier molecular flexibility index (Phi) is 18.7. The lowest BCUT2D eigenvalue weighted by molar-refractivity contribution is 0.524. The summed E-state index contributed by atoms with van der Waals surface area (Å²) in [6, 6.07) is 0.651. The Morgan fingerprint density at radius 1 is 0.706 bits per heavy atom. The summed E-state index contributed by atoms with van der Waals surface area (Å²) in [5, 5.41) is 3.47. The van der Waals surface area contributed by atoms with E-state index in [9.17, 15) is 0 Å². The highest BCUT2D eigenvalue weighted by Gasteiger charge is 1.93. The molecule has 1 nitrogen and oxygen atoms in total. The van der Waals surface area contributed by atoms with Crippen molar-refractivity contribution in [1.29, 1.82) is 0 Å². The molecule has 0 aromatic carbocycles. The van der Waals surface area contributed by atoms with Gasteiger partial charge in [0.25, 0.3) is 0 Å². The standard InChI is InChI=1S/C15H33N.ClH/c1-4-5-6-7-8-9-10-11-12-13-14-16-15(2)3;/h15-16H,4-14H2,1-3H3;1H. The zero-order valence-corrected chi connectivity index (χ0v) is 13.1. The third-order valence-electron chi connectivity index (χ3n) is 3.08. The van der Waals surface area contributed by atoms with Gasteiger partial charge < -0.3 is 5.32 Å². The van der Waals surface area contributed by atoms with E-state index in [0.29, 0.717) is 6.04 Å². The summed E-state index contributed by atoms with van der Waals surface area (Å²) in [4.78, 5) is 0. The smallest absolute Gasteiger partial charge is 0.00103 e. The third kappa shape index (κ3) is 18.8. The molecule has 0 heterocycles. The molecule has 0 aliphatic carbocycles. The molecule has 1 N–H and O–H groups in total. The summed E-state index contributed by atoms with van der Waals surface area (Å²) >= 11 is 0. The molecule has 0 saturated heterocycles. The van der Waals surface area contributed by atoms with Gasteiger partial charge in [0.15, 0.2) is 0 Å². The molecule has 0 radical (unpaired) electrons. The summed E-state index contributed by atoms with van der Waals surface area (Å²) in [5.41, 5.74) is 0. The minimum Gasteiger partial charge on any atom is -0.315 e. The fourth-order valence-corrected chi connectivity index (χ4v) is 2.00. The SMILES string of the molecule is CCCCCCCCCCCCNC(C)C.Cl. The molecule has 0 aromatic rings. The van der Waals surface area contributed by atoms with Crippen LogP contribution in [0.5, 0.6) is 0 Å². The van der Waals surface area contributed by atoms with Gasteiger partial charge in [0.05, 0.1) is 0 Å². The van der Waals surface area contributed by atoms with Crippen molar-refractivity contribution in [1.82, 2.24) is 5.32 Å². The van der Waals surface area contributed by atoms with Gasteiger partial charge in [-0.1, -0.05) is 78.6 Å². The molecule has 0 aromatic heterocycles. The lowest BCUT2D eigenvalue weighted by Gasteiger charge is -2.07. The van der Waals surface area contributed by atoms with Crippen molar-refractivity contribution in [3.05, 3.63) is 0 Å². The molecule has 106 valence electrons. The highest BCUT2D eigenvalue weighted by atomic mass is 35.5. The van der Waals surface area contributed by atoms with Gasteiger partial charge in [0, 0.05) is 6.04 Å². The topological polar surface area (TPSA) is 12.0 Å². The van der Waals surface area contributed by atoms with Crippen LogP contribution in [-0.4, -0.2) is 12.6 Å². The Bertz CT molecular complexity index is 126. The van der Waals surface area contributed by atoms with Gasteiger partial charge >= 0.3 is 0 Å². The highest BCUT2D eigenvalue weighted by Crippen LogP contribution is 2.10. The van der Waals surface area contributed by atoms with Gasteiger partial charge in [0.1, 0.15) is 0 Å². The molecule has 0 atom stereocenters. The predicted octanol–water partition coefficient (Wildman–Crippen LogP) is 5.33. The quantitative estimate of drug-likeness (QED) is 0.470. The Labute approximate surface area is 116 Å². The molecule has 0 saturated carbocycles. The number of hydrogen-bond donors (Lipinski definition) is 1. The van der Waals surface area contributed by atoms with Crippen LogP contribution in [0.1, 0.15) is 85.0 Å². The third-order valence-corrected chi connectivity index (χ3v) is 3.08. The Balaban J connectivity index is 0. The van der Waals surface area contributed by atoms with E-state index in [1.165, 1.54) is 70.8 Å². The monoisotopic (exact) mass is 263 g/mol. The molecule has 0 bridgehead atoms. The number of unbranched alkanes of at least 4 members (excludes halogenated alkanes) is 9. The van der Waals surface area contributed by atoms with E-state index in [4.69, 9.17) is 0 Å². The first kappa shape index (κ1) is 19.6. The Hall–Kier alpha value is 0.250. The highest BCUT2D eigenvalue weighted by molar-refractivity contribution is 5.85. The maximum absolute atomic E-state index is 3.47. The Morgan fingerprint density at radius 3 is 1.53 bits per heavy atom. The summed E-state index contributed by atoms with van der Waals surface area (Å²) in [7, 11) is 0. The average Bonchev–Trinajstić information content (AvgIpc) is 2.25. The molecule has 0 amide bonds. The first-order valence-electron chi connectivity index (χ1n) is 7.50. The van der Waals surface area contributed by atoms with Gasteiger partial charge in [-0.3, -0.25) is 0 Å². The van der Waals surface area contributed by atoms with Crippen LogP contribution >= 0.6 is 12.4 Å². The zero-order chi connectivity index (χ0) is 12.1. The molecule has 0 aliphatic heterocycles. The van der Waals surface area contributed by atoms with Crippen LogP contribution in [0.15, 0.2) is 0 Å². The molecule has 2 heteroatoms. The summed E-state index contributed by atoms with van der Waals surface area (Å²) < 4.78 is 0. The van der Waals surface area contributed by atoms with Crippen LogP contribution in [-0.2, 0) is 0 Å². The molecule has 0 unspecified atom stereocenters. The maximum atomic E-state index is 3.47. The van der Waals surface area contributed by atoms with Crippen LogP contribution in [0.4, 0.5) is 0 Å². The van der Waals surface area contributed by atoms with E-state index < -0.39 is 0 Å². The van der Waals surface area contributed by atoms with Gasteiger partial charge in [-0.2, -0.15) is 0 Å². The van der Waals surface area contributed by atoms with Gasteiger partial charge in [-0.25, -0.2) is 0 Å². The minimum atomic E-state index is 0. The first-order chi connectivity index (χ1) is 7.77. The number of rotatable bonds is 12. The zero-order valence-electron chi connectivity index (χ0n) is 12.3. The molecule has 17 heavy (non-hydrogen) atoms. The van der Waals surface area contributed by atoms with Crippen LogP contribution in [0.25, 0.3) is 0 Å². The number of hydrogen-bond acceptors (Lipinski definition) is 1. The van der Waals surface area contributed by atoms with E-state index in [1.54, 1.807) is 0 Å². The number of nitrogens with one attached hydrogen (secondary N) is 1. The van der Waals surface area contributed by atoms with Gasteiger partial charge in [0.2, 0.25) is 0 Å². The largest absolute Gasteiger partial charge is 0.315 e. The van der Waals surface area contributed by atoms with Crippen molar-refractivity contribution in [2.45, 2.75) is 91.0 Å². The molecule has 0 fully saturated rings. The fraction of sp³-hybridized carbons (Fsp3) is 1.00. The minimum absolute atomic E-state index is 0. The summed E-state index contributed by atoms with van der Waals surface area (Å²) in [6.45, 7) is 7.92. The van der Waals surface area contributed by atoms with Crippen LogP contribution in [0, 0.1) is 0 Å². The van der Waals surface area contributed by atoms with Crippen LogP contribution < -0.4 is 5.32 Å². The van der Waals surface area contributed by atoms with Crippen molar-refractivity contribution >= 4 is 12.4 Å². The lowest BCUT2D eigenvalue weighted by atomic mass is 10.1. The van der Waals surface area contributed by atoms with Crippen LogP contribution in [0.2, 0.25) is 0 Å². The molecular weight excluding hydrogens is 230 g/mol. The summed E-state index contributed by atoms with van der Waals surface area (Å²) in [6.07, 6.45) is 14.3. The maximum Gasteiger partial charge on any atom is 0.00103 e. The molecule has 0 aliphatic rings. The van der Waals surface area contributed by atoms with Gasteiger partial charge in [-0.05, 0) is 13.0 Å². The van der Waals surface area contributed by atoms with Crippen molar-refractivity contribution in [2.75, 3.05) is 6.54 Å². The first-order valence-corrected chi connectivity index (χ1v) is 7.50. The molecular formula is C15H34ClN. The van der Waals surface area contributed by atoms with E-state index in [-0.39, 0.29) is 12.4 Å². The second-order valence-corrected chi connectivity index (χ2v) is 5.29. The second kappa shape index (κ2) is 16.2. The Morgan fingerprint density at radius 2 is 1.12 bits per heavy atom. The van der Waals surface area contributed by atoms with Crippen molar-refractivity contribution in [3.63, 3.8) is 0 Å². The number of halogens is 1. The normalized spacial score (nSPS) is 10.6. The van der Waals surface area contributed by atoms with Crippen LogP contribution in [0.3, 0.4) is 0 Å². The van der Waals surface area contributed by atoms with E-state index in [1.807, 2.05) is 0 Å². The molecule has 0 spiro atoms. The summed E-state index contributed by atoms with van der Waals surface area (Å²) in [5.74, 6) is 0.